The predicted octanol–water partition coefficient (Wildman–Crippen LogP) is 1.83. The van der Waals surface area contributed by atoms with E-state index in [1.165, 1.54) is 11.8 Å². The van der Waals surface area contributed by atoms with E-state index >= 15 is 0 Å². The number of aromatic nitrogens is 2. The minimum absolute atomic E-state index is 0.121. The highest BCUT2D eigenvalue weighted by atomic mass is 32.2. The molecular weight excluding hydrogens is 326 g/mol. The second kappa shape index (κ2) is 8.65. The number of allylic oxidation sites excluding steroid dienone is 1. The molecule has 1 aromatic heterocycles. The topological polar surface area (TPSA) is 73.2 Å². The van der Waals surface area contributed by atoms with Gasteiger partial charge < -0.3 is 10.1 Å². The highest BCUT2D eigenvalue weighted by Gasteiger charge is 2.18. The quantitative estimate of drug-likeness (QED) is 0.341. The van der Waals surface area contributed by atoms with Crippen molar-refractivity contribution >= 4 is 28.6 Å². The van der Waals surface area contributed by atoms with E-state index in [4.69, 9.17) is 4.74 Å². The molecule has 0 aliphatic heterocycles. The maximum absolute atomic E-state index is 12.6. The number of fused-ring (bicyclic) bond motifs is 1. The average molecular weight is 347 g/mol. The van der Waals surface area contributed by atoms with Crippen LogP contribution in [0.2, 0.25) is 0 Å². The van der Waals surface area contributed by atoms with E-state index in [9.17, 15) is 9.59 Å². The van der Waals surface area contributed by atoms with Crippen molar-refractivity contribution in [2.75, 3.05) is 20.3 Å². The number of amides is 1. The fraction of sp³-hybridized carbons (Fsp3) is 0.353. The maximum atomic E-state index is 12.6. The van der Waals surface area contributed by atoms with Gasteiger partial charge in [0.1, 0.15) is 0 Å². The van der Waals surface area contributed by atoms with Crippen molar-refractivity contribution in [3.05, 3.63) is 47.3 Å². The molecule has 0 saturated heterocycles. The number of rotatable bonds is 8. The number of thioether (sulfide) groups is 1. The Bertz CT molecular complexity index is 788. The maximum Gasteiger partial charge on any atom is 0.262 e. The van der Waals surface area contributed by atoms with Gasteiger partial charge in [-0.3, -0.25) is 14.2 Å². The summed E-state index contributed by atoms with van der Waals surface area (Å²) in [7, 11) is 1.58. The van der Waals surface area contributed by atoms with Crippen LogP contribution in [0, 0.1) is 0 Å². The summed E-state index contributed by atoms with van der Waals surface area (Å²) in [6, 6.07) is 7.19. The molecule has 2 rings (SSSR count). The van der Waals surface area contributed by atoms with Crippen molar-refractivity contribution < 1.29 is 9.53 Å². The SMILES string of the molecule is C=CCn1c(S[C@@H](C)C(=O)NCCOC)nc2ccccc2c1=O. The number of nitrogens with zero attached hydrogens (tertiary/aromatic N) is 2. The fourth-order valence-corrected chi connectivity index (χ4v) is 3.10. The number of nitrogens with one attached hydrogen (secondary N) is 1. The first-order chi connectivity index (χ1) is 11.6. The van der Waals surface area contributed by atoms with E-state index in [0.29, 0.717) is 35.8 Å². The van der Waals surface area contributed by atoms with Gasteiger partial charge in [-0.05, 0) is 19.1 Å². The van der Waals surface area contributed by atoms with Crippen LogP contribution >= 0.6 is 11.8 Å². The van der Waals surface area contributed by atoms with Crippen molar-refractivity contribution in [3.8, 4) is 0 Å². The van der Waals surface area contributed by atoms with Gasteiger partial charge in [-0.1, -0.05) is 30.0 Å². The molecule has 1 N–H and O–H groups in total. The zero-order valence-electron chi connectivity index (χ0n) is 13.8. The van der Waals surface area contributed by atoms with Gasteiger partial charge in [0.05, 0.1) is 22.8 Å². The van der Waals surface area contributed by atoms with Gasteiger partial charge >= 0.3 is 0 Å². The van der Waals surface area contributed by atoms with Crippen molar-refractivity contribution in [2.24, 2.45) is 0 Å². The largest absolute Gasteiger partial charge is 0.383 e. The van der Waals surface area contributed by atoms with Crippen LogP contribution in [0.15, 0.2) is 46.9 Å². The normalized spacial score (nSPS) is 12.1. The lowest BCUT2D eigenvalue weighted by Gasteiger charge is -2.15. The molecule has 0 aliphatic rings. The molecule has 128 valence electrons. The zero-order chi connectivity index (χ0) is 17.5. The number of benzene rings is 1. The van der Waals surface area contributed by atoms with Gasteiger partial charge in [-0.15, -0.1) is 6.58 Å². The van der Waals surface area contributed by atoms with Gasteiger partial charge in [0.2, 0.25) is 5.91 Å². The average Bonchev–Trinajstić information content (AvgIpc) is 2.58. The Balaban J connectivity index is 2.29. The molecule has 0 saturated carbocycles. The Labute approximate surface area is 144 Å². The smallest absolute Gasteiger partial charge is 0.262 e. The third-order valence-electron chi connectivity index (χ3n) is 3.40. The van der Waals surface area contributed by atoms with Crippen LogP contribution in [0.3, 0.4) is 0 Å². The van der Waals surface area contributed by atoms with Gasteiger partial charge in [-0.25, -0.2) is 4.98 Å². The van der Waals surface area contributed by atoms with Crippen molar-refractivity contribution in [3.63, 3.8) is 0 Å². The summed E-state index contributed by atoms with van der Waals surface area (Å²) in [4.78, 5) is 29.3. The Hall–Kier alpha value is -2.12. The Kier molecular flexibility index (Phi) is 6.57. The van der Waals surface area contributed by atoms with Gasteiger partial charge in [0.15, 0.2) is 5.16 Å². The molecule has 6 nitrogen and oxygen atoms in total. The second-order valence-corrected chi connectivity index (χ2v) is 6.47. The monoisotopic (exact) mass is 347 g/mol. The number of para-hydroxylation sites is 1. The summed E-state index contributed by atoms with van der Waals surface area (Å²) in [5, 5.41) is 3.47. The molecule has 0 bridgehead atoms. The van der Waals surface area contributed by atoms with Crippen molar-refractivity contribution in [2.45, 2.75) is 23.9 Å². The number of hydrogen-bond acceptors (Lipinski definition) is 5. The standard InChI is InChI=1S/C17H21N3O3S/c1-4-10-20-16(22)13-7-5-6-8-14(13)19-17(20)24-12(2)15(21)18-9-11-23-3/h4-8,12H,1,9-11H2,2-3H3,(H,18,21)/t12-/m0/s1. The Morgan fingerprint density at radius 3 is 2.96 bits per heavy atom. The molecule has 0 unspecified atom stereocenters. The van der Waals surface area contributed by atoms with Crippen LogP contribution in [-0.2, 0) is 16.1 Å². The third-order valence-corrected chi connectivity index (χ3v) is 4.49. The lowest BCUT2D eigenvalue weighted by molar-refractivity contribution is -0.120. The molecule has 1 atom stereocenters. The number of ether oxygens (including phenoxy) is 1. The first-order valence-electron chi connectivity index (χ1n) is 7.62. The van der Waals surface area contributed by atoms with Crippen LogP contribution in [0.4, 0.5) is 0 Å². The summed E-state index contributed by atoms with van der Waals surface area (Å²) < 4.78 is 6.46. The first kappa shape index (κ1) is 18.2. The first-order valence-corrected chi connectivity index (χ1v) is 8.50. The number of carbonyl (C=O) groups is 1. The molecule has 0 radical (unpaired) electrons. The molecule has 1 heterocycles. The number of carbonyl (C=O) groups excluding carboxylic acids is 1. The van der Waals surface area contributed by atoms with E-state index in [1.807, 2.05) is 12.1 Å². The van der Waals surface area contributed by atoms with E-state index in [-0.39, 0.29) is 16.7 Å². The van der Waals surface area contributed by atoms with E-state index in [2.05, 4.69) is 16.9 Å². The lowest BCUT2D eigenvalue weighted by atomic mass is 10.2. The van der Waals surface area contributed by atoms with E-state index < -0.39 is 0 Å². The van der Waals surface area contributed by atoms with Crippen molar-refractivity contribution in [1.29, 1.82) is 0 Å². The van der Waals surface area contributed by atoms with Crippen LogP contribution in [0.5, 0.6) is 0 Å². The molecule has 1 amide bonds. The second-order valence-electron chi connectivity index (χ2n) is 5.16. The fourth-order valence-electron chi connectivity index (χ4n) is 2.16. The Morgan fingerprint density at radius 2 is 2.25 bits per heavy atom. The summed E-state index contributed by atoms with van der Waals surface area (Å²) in [5.74, 6) is -0.121. The third kappa shape index (κ3) is 4.24. The Morgan fingerprint density at radius 1 is 1.50 bits per heavy atom. The van der Waals surface area contributed by atoms with E-state index in [1.54, 1.807) is 36.8 Å². The molecule has 24 heavy (non-hydrogen) atoms. The zero-order valence-corrected chi connectivity index (χ0v) is 14.6. The minimum Gasteiger partial charge on any atom is -0.383 e. The number of hydrogen-bond donors (Lipinski definition) is 1. The van der Waals surface area contributed by atoms with Crippen LogP contribution in [0.1, 0.15) is 6.92 Å². The van der Waals surface area contributed by atoms with Crippen LogP contribution in [-0.4, -0.2) is 41.0 Å². The molecule has 0 spiro atoms. The van der Waals surface area contributed by atoms with Gasteiger partial charge in [-0.2, -0.15) is 0 Å². The summed E-state index contributed by atoms with van der Waals surface area (Å²) in [6.45, 7) is 6.73. The molecule has 2 aromatic rings. The summed E-state index contributed by atoms with van der Waals surface area (Å²) in [6.07, 6.45) is 1.64. The number of methoxy groups -OCH3 is 1. The van der Waals surface area contributed by atoms with E-state index in [0.717, 1.165) is 0 Å². The van der Waals surface area contributed by atoms with Crippen LogP contribution < -0.4 is 10.9 Å². The predicted molar refractivity (Wildman–Crippen MR) is 96.4 cm³/mol. The molecular formula is C17H21N3O3S. The summed E-state index contributed by atoms with van der Waals surface area (Å²) >= 11 is 1.26. The van der Waals surface area contributed by atoms with Crippen molar-refractivity contribution in [1.82, 2.24) is 14.9 Å². The molecule has 0 aliphatic carbocycles. The highest BCUT2D eigenvalue weighted by Crippen LogP contribution is 2.22. The molecule has 0 fully saturated rings. The summed E-state index contributed by atoms with van der Waals surface area (Å²) in [5.41, 5.74) is 0.493. The van der Waals surface area contributed by atoms with Crippen LogP contribution in [0.25, 0.3) is 10.9 Å². The lowest BCUT2D eigenvalue weighted by Crippen LogP contribution is -2.34. The molecule has 1 aromatic carbocycles. The highest BCUT2D eigenvalue weighted by molar-refractivity contribution is 8.00. The van der Waals surface area contributed by atoms with Gasteiger partial charge in [0.25, 0.3) is 5.56 Å². The molecule has 7 heteroatoms. The minimum atomic E-state index is -0.383. The van der Waals surface area contributed by atoms with Gasteiger partial charge in [0, 0.05) is 20.2 Å².